The molecule has 1 aromatic heterocycles. The average molecular weight is 245 g/mol. The molecule has 4 heteroatoms. The van der Waals surface area contributed by atoms with Crippen molar-refractivity contribution in [1.82, 2.24) is 15.3 Å². The van der Waals surface area contributed by atoms with E-state index in [-0.39, 0.29) is 11.9 Å². The number of nitrogens with zero attached hydrogens (tertiary/aromatic N) is 2. The number of nitrogens with one attached hydrogen (secondary N) is 1. The van der Waals surface area contributed by atoms with Gasteiger partial charge in [-0.15, -0.1) is 0 Å². The third-order valence-electron chi connectivity index (χ3n) is 2.90. The van der Waals surface area contributed by atoms with E-state index in [1.165, 1.54) is 6.07 Å². The molecule has 1 atom stereocenters. The largest absolute Gasteiger partial charge is 0.308 e. The van der Waals surface area contributed by atoms with Gasteiger partial charge in [0.2, 0.25) is 0 Å². The molecule has 0 saturated heterocycles. The van der Waals surface area contributed by atoms with Gasteiger partial charge < -0.3 is 5.32 Å². The lowest BCUT2D eigenvalue weighted by molar-refractivity contribution is 0.612. The smallest absolute Gasteiger partial charge is 0.126 e. The maximum Gasteiger partial charge on any atom is 0.126 e. The highest BCUT2D eigenvalue weighted by molar-refractivity contribution is 5.31. The van der Waals surface area contributed by atoms with Crippen molar-refractivity contribution in [1.29, 1.82) is 0 Å². The van der Waals surface area contributed by atoms with E-state index in [1.54, 1.807) is 19.2 Å². The number of hydrogen-bond acceptors (Lipinski definition) is 3. The van der Waals surface area contributed by atoms with Gasteiger partial charge in [0.15, 0.2) is 0 Å². The van der Waals surface area contributed by atoms with E-state index < -0.39 is 0 Å². The quantitative estimate of drug-likeness (QED) is 0.903. The fraction of sp³-hybridized carbons (Fsp3) is 0.286. The molecular weight excluding hydrogens is 229 g/mol. The Bertz CT molecular complexity index is 554. The van der Waals surface area contributed by atoms with Gasteiger partial charge in [0.1, 0.15) is 11.6 Å². The molecule has 0 amide bonds. The van der Waals surface area contributed by atoms with Crippen LogP contribution in [0, 0.1) is 19.7 Å². The van der Waals surface area contributed by atoms with Crippen molar-refractivity contribution in [2.24, 2.45) is 0 Å². The Labute approximate surface area is 106 Å². The van der Waals surface area contributed by atoms with Crippen molar-refractivity contribution in [3.63, 3.8) is 0 Å². The first-order valence-electron chi connectivity index (χ1n) is 5.84. The highest BCUT2D eigenvalue weighted by atomic mass is 19.1. The van der Waals surface area contributed by atoms with Crippen LogP contribution in [0.3, 0.4) is 0 Å². The maximum atomic E-state index is 13.3. The second kappa shape index (κ2) is 5.23. The monoisotopic (exact) mass is 245 g/mol. The molecule has 3 nitrogen and oxygen atoms in total. The maximum absolute atomic E-state index is 13.3. The first kappa shape index (κ1) is 12.6. The van der Waals surface area contributed by atoms with Crippen LogP contribution in [0.15, 0.2) is 30.5 Å². The van der Waals surface area contributed by atoms with E-state index in [2.05, 4.69) is 15.3 Å². The van der Waals surface area contributed by atoms with Gasteiger partial charge in [-0.3, -0.25) is 0 Å². The zero-order valence-electron chi connectivity index (χ0n) is 10.7. The van der Waals surface area contributed by atoms with Gasteiger partial charge in [-0.2, -0.15) is 0 Å². The van der Waals surface area contributed by atoms with Gasteiger partial charge in [-0.25, -0.2) is 14.4 Å². The van der Waals surface area contributed by atoms with Crippen molar-refractivity contribution in [2.45, 2.75) is 19.9 Å². The van der Waals surface area contributed by atoms with Gasteiger partial charge in [0.05, 0.1) is 11.7 Å². The summed E-state index contributed by atoms with van der Waals surface area (Å²) in [4.78, 5) is 8.49. The predicted molar refractivity (Wildman–Crippen MR) is 68.8 cm³/mol. The highest BCUT2D eigenvalue weighted by Crippen LogP contribution is 2.21. The number of aryl methyl sites for hydroxylation is 2. The Kier molecular flexibility index (Phi) is 3.67. The first-order valence-corrected chi connectivity index (χ1v) is 5.84. The number of rotatable bonds is 3. The summed E-state index contributed by atoms with van der Waals surface area (Å²) in [7, 11) is 1.86. The summed E-state index contributed by atoms with van der Waals surface area (Å²) in [5, 5.41) is 3.20. The SMILES string of the molecule is CNC(c1ccc(F)c(C)c1)c1ccnc(C)n1. The van der Waals surface area contributed by atoms with Crippen molar-refractivity contribution in [3.8, 4) is 0 Å². The van der Waals surface area contributed by atoms with Crippen molar-refractivity contribution in [2.75, 3.05) is 7.05 Å². The van der Waals surface area contributed by atoms with Crippen LogP contribution in [0.4, 0.5) is 4.39 Å². The van der Waals surface area contributed by atoms with Crippen molar-refractivity contribution < 1.29 is 4.39 Å². The van der Waals surface area contributed by atoms with E-state index in [9.17, 15) is 4.39 Å². The molecule has 0 fully saturated rings. The third-order valence-corrected chi connectivity index (χ3v) is 2.90. The molecule has 1 heterocycles. The van der Waals surface area contributed by atoms with Gasteiger partial charge in [-0.1, -0.05) is 12.1 Å². The molecule has 1 N–H and O–H groups in total. The average Bonchev–Trinajstić information content (AvgIpc) is 2.35. The summed E-state index contributed by atoms with van der Waals surface area (Å²) in [6.07, 6.45) is 1.73. The molecule has 0 radical (unpaired) electrons. The summed E-state index contributed by atoms with van der Waals surface area (Å²) < 4.78 is 13.3. The van der Waals surface area contributed by atoms with Gasteiger partial charge in [0, 0.05) is 6.20 Å². The zero-order valence-corrected chi connectivity index (χ0v) is 10.7. The summed E-state index contributed by atoms with van der Waals surface area (Å²) in [5.74, 6) is 0.541. The fourth-order valence-corrected chi connectivity index (χ4v) is 1.97. The molecule has 2 rings (SSSR count). The number of aromatic nitrogens is 2. The van der Waals surface area contributed by atoms with E-state index in [1.807, 2.05) is 26.1 Å². The molecular formula is C14H16FN3. The van der Waals surface area contributed by atoms with E-state index in [4.69, 9.17) is 0 Å². The second-order valence-corrected chi connectivity index (χ2v) is 4.26. The zero-order chi connectivity index (χ0) is 13.1. The Morgan fingerprint density at radius 2 is 2.00 bits per heavy atom. The summed E-state index contributed by atoms with van der Waals surface area (Å²) in [6.45, 7) is 3.61. The molecule has 0 spiro atoms. The van der Waals surface area contributed by atoms with Crippen LogP contribution < -0.4 is 5.32 Å². The minimum Gasteiger partial charge on any atom is -0.308 e. The number of halogens is 1. The Morgan fingerprint density at radius 3 is 2.61 bits per heavy atom. The van der Waals surface area contributed by atoms with E-state index >= 15 is 0 Å². The summed E-state index contributed by atoms with van der Waals surface area (Å²) in [5.41, 5.74) is 2.52. The highest BCUT2D eigenvalue weighted by Gasteiger charge is 2.14. The molecule has 2 aromatic rings. The van der Waals surface area contributed by atoms with Crippen LogP contribution in [-0.2, 0) is 0 Å². The van der Waals surface area contributed by atoms with Gasteiger partial charge in [0.25, 0.3) is 0 Å². The molecule has 94 valence electrons. The molecule has 1 aromatic carbocycles. The van der Waals surface area contributed by atoms with Crippen LogP contribution in [0.2, 0.25) is 0 Å². The van der Waals surface area contributed by atoms with Crippen LogP contribution in [0.5, 0.6) is 0 Å². The lowest BCUT2D eigenvalue weighted by atomic mass is 10.0. The van der Waals surface area contributed by atoms with Crippen molar-refractivity contribution >= 4 is 0 Å². The standard InChI is InChI=1S/C14H16FN3/c1-9-8-11(4-5-12(9)15)14(16-3)13-6-7-17-10(2)18-13/h4-8,14,16H,1-3H3. The van der Waals surface area contributed by atoms with Crippen LogP contribution in [0.25, 0.3) is 0 Å². The van der Waals surface area contributed by atoms with Crippen molar-refractivity contribution in [3.05, 3.63) is 58.9 Å². The normalized spacial score (nSPS) is 12.4. The number of benzene rings is 1. The number of hydrogen-bond donors (Lipinski definition) is 1. The van der Waals surface area contributed by atoms with Crippen LogP contribution in [0.1, 0.15) is 28.7 Å². The minimum atomic E-state index is -0.188. The van der Waals surface area contributed by atoms with E-state index in [0.29, 0.717) is 5.56 Å². The minimum absolute atomic E-state index is 0.0500. The third kappa shape index (κ3) is 2.54. The molecule has 18 heavy (non-hydrogen) atoms. The Hall–Kier alpha value is -1.81. The summed E-state index contributed by atoms with van der Waals surface area (Å²) in [6, 6.07) is 6.93. The molecule has 1 unspecified atom stereocenters. The lowest BCUT2D eigenvalue weighted by Gasteiger charge is -2.17. The van der Waals surface area contributed by atoms with Crippen LogP contribution >= 0.6 is 0 Å². The fourth-order valence-electron chi connectivity index (χ4n) is 1.97. The molecule has 0 aliphatic rings. The van der Waals surface area contributed by atoms with Gasteiger partial charge >= 0.3 is 0 Å². The molecule has 0 saturated carbocycles. The summed E-state index contributed by atoms with van der Waals surface area (Å²) >= 11 is 0. The second-order valence-electron chi connectivity index (χ2n) is 4.26. The lowest BCUT2D eigenvalue weighted by Crippen LogP contribution is -2.19. The molecule has 0 aliphatic heterocycles. The molecule has 0 bridgehead atoms. The Morgan fingerprint density at radius 1 is 1.22 bits per heavy atom. The van der Waals surface area contributed by atoms with Gasteiger partial charge in [-0.05, 0) is 44.2 Å². The topological polar surface area (TPSA) is 37.8 Å². The van der Waals surface area contributed by atoms with E-state index in [0.717, 1.165) is 17.1 Å². The molecule has 0 aliphatic carbocycles. The predicted octanol–water partition coefficient (Wildman–Crippen LogP) is 2.54. The Balaban J connectivity index is 2.42. The first-order chi connectivity index (χ1) is 8.61. The van der Waals surface area contributed by atoms with Crippen LogP contribution in [-0.4, -0.2) is 17.0 Å².